The first-order valence-corrected chi connectivity index (χ1v) is 7.52. The average Bonchev–Trinajstić information content (AvgIpc) is 2.53. The molecule has 1 heterocycles. The van der Waals surface area contributed by atoms with Gasteiger partial charge in [-0.1, -0.05) is 35.7 Å². The minimum absolute atomic E-state index is 0.110. The maximum Gasteiger partial charge on any atom is 0.413 e. The van der Waals surface area contributed by atoms with Crippen molar-refractivity contribution in [2.75, 3.05) is 5.32 Å². The van der Waals surface area contributed by atoms with Crippen molar-refractivity contribution in [3.05, 3.63) is 64.7 Å². The number of cyclic esters (lactones) is 1. The topological polar surface area (TPSA) is 38.3 Å². The van der Waals surface area contributed by atoms with E-state index in [1.165, 1.54) is 18.2 Å². The Morgan fingerprint density at radius 3 is 2.54 bits per heavy atom. The normalized spacial score (nSPS) is 19.4. The molecular weight excluding hydrogens is 359 g/mol. The van der Waals surface area contributed by atoms with Gasteiger partial charge in [0.2, 0.25) is 0 Å². The number of carbonyl (C=O) groups excluding carboxylic acids is 1. The van der Waals surface area contributed by atoms with Gasteiger partial charge in [0.1, 0.15) is 0 Å². The van der Waals surface area contributed by atoms with Crippen molar-refractivity contribution in [2.45, 2.75) is 11.0 Å². The fraction of sp³-hybridized carbons (Fsp3) is 0.118. The highest BCUT2D eigenvalue weighted by molar-refractivity contribution is 6.31. The van der Waals surface area contributed by atoms with Crippen LogP contribution in [0.3, 0.4) is 0 Å². The van der Waals surface area contributed by atoms with Crippen LogP contribution in [-0.4, -0.2) is 11.5 Å². The lowest BCUT2D eigenvalue weighted by molar-refractivity contribution is -0.0966. The van der Waals surface area contributed by atoms with Crippen molar-refractivity contribution in [1.29, 1.82) is 0 Å². The third-order valence-electron chi connectivity index (χ3n) is 3.40. The Balaban J connectivity index is 2.23. The van der Waals surface area contributed by atoms with Crippen molar-refractivity contribution < 1.29 is 18.3 Å². The zero-order valence-corrected chi connectivity index (χ0v) is 13.5. The van der Waals surface area contributed by atoms with Crippen molar-refractivity contribution >= 4 is 35.0 Å². The molecule has 0 saturated carbocycles. The number of hydrogen-bond donors (Lipinski definition) is 1. The largest absolute Gasteiger partial charge is 0.417 e. The molecule has 122 valence electrons. The van der Waals surface area contributed by atoms with Gasteiger partial charge in [0.25, 0.3) is 5.60 Å². The number of carbonyl (C=O) groups is 1. The van der Waals surface area contributed by atoms with E-state index >= 15 is 0 Å². The molecule has 1 N–H and O–H groups in total. The van der Waals surface area contributed by atoms with Gasteiger partial charge in [0, 0.05) is 16.1 Å². The van der Waals surface area contributed by atoms with Crippen molar-refractivity contribution in [2.24, 2.45) is 0 Å². The van der Waals surface area contributed by atoms with Gasteiger partial charge in [0.15, 0.2) is 0 Å². The van der Waals surface area contributed by atoms with Gasteiger partial charge in [-0.05, 0) is 47.9 Å². The van der Waals surface area contributed by atoms with Gasteiger partial charge >= 0.3 is 11.5 Å². The number of fused-ring (bicyclic) bond motifs is 1. The highest BCUT2D eigenvalue weighted by atomic mass is 35.5. The molecule has 0 spiro atoms. The van der Waals surface area contributed by atoms with Crippen LogP contribution in [0.15, 0.2) is 48.5 Å². The SMILES string of the molecule is O=C1Nc2ccc(Cl)cc2[C@@](C#Cc2ccccc2)(C(F)(F)Cl)O1. The van der Waals surface area contributed by atoms with Crippen molar-refractivity contribution in [3.63, 3.8) is 0 Å². The van der Waals surface area contributed by atoms with Crippen LogP contribution in [0, 0.1) is 11.8 Å². The molecule has 1 amide bonds. The van der Waals surface area contributed by atoms with Gasteiger partial charge in [-0.15, -0.1) is 0 Å². The van der Waals surface area contributed by atoms with Crippen molar-refractivity contribution in [1.82, 2.24) is 0 Å². The number of amides is 1. The molecule has 1 atom stereocenters. The summed E-state index contributed by atoms with van der Waals surface area (Å²) in [6, 6.07) is 12.5. The summed E-state index contributed by atoms with van der Waals surface area (Å²) in [4.78, 5) is 11.8. The molecule has 3 rings (SSSR count). The van der Waals surface area contributed by atoms with Gasteiger partial charge in [-0.3, -0.25) is 5.32 Å². The zero-order chi connectivity index (χ0) is 17.4. The first-order chi connectivity index (χ1) is 11.3. The molecule has 0 unspecified atom stereocenters. The molecule has 1 aliphatic rings. The van der Waals surface area contributed by atoms with Crippen LogP contribution in [0.5, 0.6) is 0 Å². The fourth-order valence-electron chi connectivity index (χ4n) is 2.30. The van der Waals surface area contributed by atoms with E-state index in [4.69, 9.17) is 27.9 Å². The minimum Gasteiger partial charge on any atom is -0.417 e. The predicted octanol–water partition coefficient (Wildman–Crippen LogP) is 4.98. The molecule has 7 heteroatoms. The van der Waals surface area contributed by atoms with Crippen LogP contribution in [-0.2, 0) is 10.3 Å². The van der Waals surface area contributed by atoms with Crippen LogP contribution >= 0.6 is 23.2 Å². The van der Waals surface area contributed by atoms with E-state index in [1.807, 2.05) is 0 Å². The number of ether oxygens (including phenoxy) is 1. The summed E-state index contributed by atoms with van der Waals surface area (Å²) in [7, 11) is 0. The molecule has 24 heavy (non-hydrogen) atoms. The molecule has 2 aromatic carbocycles. The molecule has 0 aromatic heterocycles. The second-order valence-electron chi connectivity index (χ2n) is 5.00. The number of nitrogens with one attached hydrogen (secondary N) is 1. The van der Waals surface area contributed by atoms with Crippen LogP contribution in [0.4, 0.5) is 19.3 Å². The Morgan fingerprint density at radius 2 is 1.88 bits per heavy atom. The summed E-state index contributed by atoms with van der Waals surface area (Å²) < 4.78 is 33.4. The van der Waals surface area contributed by atoms with Gasteiger partial charge < -0.3 is 4.74 Å². The first kappa shape index (κ1) is 16.6. The van der Waals surface area contributed by atoms with Gasteiger partial charge in [-0.2, -0.15) is 8.78 Å². The first-order valence-electron chi connectivity index (χ1n) is 6.77. The average molecular weight is 368 g/mol. The summed E-state index contributed by atoms with van der Waals surface area (Å²) in [5, 5.41) is -1.47. The number of hydrogen-bond acceptors (Lipinski definition) is 2. The Kier molecular flexibility index (Phi) is 4.12. The third-order valence-corrected chi connectivity index (χ3v) is 3.90. The fourth-order valence-corrected chi connectivity index (χ4v) is 2.66. The molecule has 0 bridgehead atoms. The Bertz CT molecular complexity index is 856. The lowest BCUT2D eigenvalue weighted by atomic mass is 9.91. The summed E-state index contributed by atoms with van der Waals surface area (Å²) in [6.45, 7) is 0. The lowest BCUT2D eigenvalue weighted by Crippen LogP contribution is -2.48. The van der Waals surface area contributed by atoms with E-state index < -0.39 is 17.1 Å². The van der Waals surface area contributed by atoms with E-state index in [0.717, 1.165) is 0 Å². The number of benzene rings is 2. The predicted molar refractivity (Wildman–Crippen MR) is 87.4 cm³/mol. The zero-order valence-electron chi connectivity index (χ0n) is 11.9. The Labute approximate surface area is 146 Å². The van der Waals surface area contributed by atoms with Gasteiger partial charge in [0.05, 0.1) is 5.69 Å². The number of alkyl halides is 3. The number of halogens is 4. The number of rotatable bonds is 1. The molecule has 0 radical (unpaired) electrons. The van der Waals surface area contributed by atoms with Crippen LogP contribution < -0.4 is 5.32 Å². The molecule has 2 aromatic rings. The van der Waals surface area contributed by atoms with E-state index in [1.54, 1.807) is 30.3 Å². The molecule has 3 nitrogen and oxygen atoms in total. The minimum atomic E-state index is -3.98. The highest BCUT2D eigenvalue weighted by Gasteiger charge is 2.59. The van der Waals surface area contributed by atoms with E-state index in [-0.39, 0.29) is 16.3 Å². The maximum absolute atomic E-state index is 14.3. The summed E-state index contributed by atoms with van der Waals surface area (Å²) in [6.07, 6.45) is -1.08. The Hall–Kier alpha value is -2.29. The Morgan fingerprint density at radius 1 is 1.17 bits per heavy atom. The second-order valence-corrected chi connectivity index (χ2v) is 5.91. The standard InChI is InChI=1S/C17H9Cl2F2NO2/c18-12-6-7-14-13(10-12)16(17(19,20)21,24-15(23)22-14)9-8-11-4-2-1-3-5-11/h1-7,10H,(H,22,23)/t16-/m0/s1. The van der Waals surface area contributed by atoms with Gasteiger partial charge in [-0.25, -0.2) is 4.79 Å². The summed E-state index contributed by atoms with van der Waals surface area (Å²) in [5.41, 5.74) is -2.19. The molecule has 1 aliphatic heterocycles. The highest BCUT2D eigenvalue weighted by Crippen LogP contribution is 2.49. The maximum atomic E-state index is 14.3. The van der Waals surface area contributed by atoms with Crippen LogP contribution in [0.1, 0.15) is 11.1 Å². The molecular formula is C17H9Cl2F2NO2. The molecule has 0 fully saturated rings. The smallest absolute Gasteiger partial charge is 0.413 e. The monoisotopic (exact) mass is 367 g/mol. The molecule has 0 saturated heterocycles. The van der Waals surface area contributed by atoms with E-state index in [9.17, 15) is 13.6 Å². The van der Waals surface area contributed by atoms with Crippen LogP contribution in [0.25, 0.3) is 0 Å². The van der Waals surface area contributed by atoms with E-state index in [0.29, 0.717) is 5.56 Å². The van der Waals surface area contributed by atoms with E-state index in [2.05, 4.69) is 17.2 Å². The molecule has 0 aliphatic carbocycles. The van der Waals surface area contributed by atoms with Crippen molar-refractivity contribution in [3.8, 4) is 11.8 Å². The summed E-state index contributed by atoms with van der Waals surface area (Å²) in [5.74, 6) is 4.91. The number of anilines is 1. The summed E-state index contributed by atoms with van der Waals surface area (Å²) >= 11 is 11.2. The quantitative estimate of drug-likeness (QED) is 0.570. The van der Waals surface area contributed by atoms with Crippen LogP contribution in [0.2, 0.25) is 5.02 Å². The second kappa shape index (κ2) is 5.97. The third kappa shape index (κ3) is 2.91. The lowest BCUT2D eigenvalue weighted by Gasteiger charge is -2.36.